The molecule has 0 heterocycles. The Morgan fingerprint density at radius 3 is 2.47 bits per heavy atom. The van der Waals surface area contributed by atoms with Crippen molar-refractivity contribution in [2.45, 2.75) is 24.3 Å². The van der Waals surface area contributed by atoms with Gasteiger partial charge in [-0.15, -0.1) is 0 Å². The number of hydrogen-bond donors (Lipinski definition) is 2. The van der Waals surface area contributed by atoms with Crippen molar-refractivity contribution in [2.75, 3.05) is 7.05 Å². The molecule has 0 saturated heterocycles. The number of benzene rings is 1. The monoisotopic (exact) mass is 305 g/mol. The molecular formula is C11H16ClN3O3S. The molecule has 0 radical (unpaired) electrons. The van der Waals surface area contributed by atoms with E-state index in [4.69, 9.17) is 22.5 Å². The molecule has 1 atom stereocenters. The van der Waals surface area contributed by atoms with Gasteiger partial charge in [-0.25, -0.2) is 8.42 Å². The second kappa shape index (κ2) is 6.23. The molecule has 0 fully saturated rings. The topological polar surface area (TPSA) is 96.0 Å². The molecule has 8 heteroatoms. The average Bonchev–Trinajstić information content (AvgIpc) is 2.38. The van der Waals surface area contributed by atoms with Gasteiger partial charge in [-0.2, -0.15) is 4.31 Å². The van der Waals surface area contributed by atoms with Crippen molar-refractivity contribution in [3.05, 3.63) is 29.3 Å². The van der Waals surface area contributed by atoms with E-state index in [0.29, 0.717) is 5.02 Å². The van der Waals surface area contributed by atoms with E-state index in [1.54, 1.807) is 6.92 Å². The molecule has 0 saturated carbocycles. The summed E-state index contributed by atoms with van der Waals surface area (Å²) in [6.07, 6.45) is 0.139. The number of halogens is 1. The lowest BCUT2D eigenvalue weighted by Crippen LogP contribution is -2.37. The van der Waals surface area contributed by atoms with Crippen LogP contribution < -0.4 is 5.73 Å². The van der Waals surface area contributed by atoms with Crippen molar-refractivity contribution in [1.29, 1.82) is 0 Å². The van der Waals surface area contributed by atoms with Gasteiger partial charge in [-0.3, -0.25) is 0 Å². The molecule has 1 rings (SSSR count). The number of oxime groups is 1. The maximum Gasteiger partial charge on any atom is 0.243 e. The Kier molecular flexibility index (Phi) is 5.16. The predicted molar refractivity (Wildman–Crippen MR) is 73.9 cm³/mol. The number of rotatable bonds is 5. The van der Waals surface area contributed by atoms with Crippen molar-refractivity contribution in [1.82, 2.24) is 4.31 Å². The second-order valence-electron chi connectivity index (χ2n) is 4.12. The van der Waals surface area contributed by atoms with Crippen LogP contribution >= 0.6 is 11.6 Å². The largest absolute Gasteiger partial charge is 0.409 e. The SMILES string of the molecule is CC(CC(N)=NO)N(C)S(=O)(=O)c1ccc(Cl)cc1. The molecule has 0 aliphatic rings. The van der Waals surface area contributed by atoms with Crippen LogP contribution in [-0.4, -0.2) is 36.9 Å². The van der Waals surface area contributed by atoms with Crippen LogP contribution in [0.25, 0.3) is 0 Å². The van der Waals surface area contributed by atoms with E-state index in [1.165, 1.54) is 35.6 Å². The highest BCUT2D eigenvalue weighted by molar-refractivity contribution is 7.89. The number of sulfonamides is 1. The highest BCUT2D eigenvalue weighted by atomic mass is 35.5. The van der Waals surface area contributed by atoms with Gasteiger partial charge in [-0.05, 0) is 31.2 Å². The van der Waals surface area contributed by atoms with Gasteiger partial charge in [0, 0.05) is 24.5 Å². The Morgan fingerprint density at radius 2 is 2.00 bits per heavy atom. The van der Waals surface area contributed by atoms with E-state index in [0.717, 1.165) is 0 Å². The van der Waals surface area contributed by atoms with E-state index in [9.17, 15) is 8.42 Å². The van der Waals surface area contributed by atoms with Crippen molar-refractivity contribution in [3.8, 4) is 0 Å². The van der Waals surface area contributed by atoms with Gasteiger partial charge >= 0.3 is 0 Å². The minimum atomic E-state index is -3.63. The van der Waals surface area contributed by atoms with E-state index in [-0.39, 0.29) is 17.2 Å². The fourth-order valence-corrected chi connectivity index (χ4v) is 2.97. The van der Waals surface area contributed by atoms with E-state index >= 15 is 0 Å². The maximum atomic E-state index is 12.3. The van der Waals surface area contributed by atoms with Crippen LogP contribution in [0.1, 0.15) is 13.3 Å². The molecule has 0 amide bonds. The van der Waals surface area contributed by atoms with Gasteiger partial charge < -0.3 is 10.9 Å². The standard InChI is InChI=1S/C11H16ClN3O3S/c1-8(7-11(13)14-16)15(2)19(17,18)10-5-3-9(12)4-6-10/h3-6,8,16H,7H2,1-2H3,(H2,13,14). The first-order valence-electron chi connectivity index (χ1n) is 5.49. The highest BCUT2D eigenvalue weighted by Gasteiger charge is 2.25. The van der Waals surface area contributed by atoms with Crippen molar-refractivity contribution in [3.63, 3.8) is 0 Å². The lowest BCUT2D eigenvalue weighted by atomic mass is 10.2. The van der Waals surface area contributed by atoms with Crippen LogP contribution in [0.15, 0.2) is 34.3 Å². The molecule has 1 aromatic rings. The predicted octanol–water partition coefficient (Wildman–Crippen LogP) is 1.49. The van der Waals surface area contributed by atoms with Gasteiger partial charge in [0.25, 0.3) is 0 Å². The van der Waals surface area contributed by atoms with Gasteiger partial charge in [0.15, 0.2) is 0 Å². The highest BCUT2D eigenvalue weighted by Crippen LogP contribution is 2.19. The number of nitrogens with two attached hydrogens (primary N) is 1. The molecule has 106 valence electrons. The smallest absolute Gasteiger partial charge is 0.243 e. The third kappa shape index (κ3) is 3.82. The Bertz CT molecular complexity index is 557. The molecular weight excluding hydrogens is 290 g/mol. The molecule has 1 aromatic carbocycles. The zero-order valence-electron chi connectivity index (χ0n) is 10.6. The number of hydrogen-bond acceptors (Lipinski definition) is 4. The second-order valence-corrected chi connectivity index (χ2v) is 6.55. The molecule has 0 spiro atoms. The van der Waals surface area contributed by atoms with Crippen LogP contribution in [-0.2, 0) is 10.0 Å². The zero-order valence-corrected chi connectivity index (χ0v) is 12.2. The summed E-state index contributed by atoms with van der Waals surface area (Å²) in [6, 6.07) is 5.46. The average molecular weight is 306 g/mol. The van der Waals surface area contributed by atoms with Crippen LogP contribution in [0.5, 0.6) is 0 Å². The normalized spacial score (nSPS) is 14.6. The Hall–Kier alpha value is -1.31. The van der Waals surface area contributed by atoms with E-state index in [1.807, 2.05) is 0 Å². The summed E-state index contributed by atoms with van der Waals surface area (Å²) >= 11 is 5.72. The third-order valence-corrected chi connectivity index (χ3v) is 4.98. The van der Waals surface area contributed by atoms with Crippen molar-refractivity contribution < 1.29 is 13.6 Å². The molecule has 1 unspecified atom stereocenters. The first-order valence-corrected chi connectivity index (χ1v) is 7.31. The van der Waals surface area contributed by atoms with Gasteiger partial charge in [0.1, 0.15) is 5.84 Å². The van der Waals surface area contributed by atoms with E-state index in [2.05, 4.69) is 5.16 Å². The Balaban J connectivity index is 2.96. The molecule has 0 bridgehead atoms. The summed E-state index contributed by atoms with van der Waals surface area (Å²) in [5.74, 6) is -0.0225. The summed E-state index contributed by atoms with van der Waals surface area (Å²) in [6.45, 7) is 1.67. The van der Waals surface area contributed by atoms with Crippen molar-refractivity contribution >= 4 is 27.5 Å². The summed E-state index contributed by atoms with van der Waals surface area (Å²) < 4.78 is 25.8. The summed E-state index contributed by atoms with van der Waals surface area (Å²) in [4.78, 5) is 0.144. The van der Waals surface area contributed by atoms with Crippen LogP contribution in [0, 0.1) is 0 Å². The first-order chi connectivity index (χ1) is 8.78. The Labute approximate surface area is 117 Å². The number of nitrogens with zero attached hydrogens (tertiary/aromatic N) is 2. The molecule has 0 aliphatic carbocycles. The van der Waals surface area contributed by atoms with Gasteiger partial charge in [0.2, 0.25) is 10.0 Å². The quantitative estimate of drug-likeness (QED) is 0.373. The summed E-state index contributed by atoms with van der Waals surface area (Å²) in [5, 5.41) is 11.8. The van der Waals surface area contributed by atoms with Crippen molar-refractivity contribution in [2.24, 2.45) is 10.9 Å². The minimum Gasteiger partial charge on any atom is -0.409 e. The first kappa shape index (κ1) is 15.7. The Morgan fingerprint density at radius 1 is 1.47 bits per heavy atom. The molecule has 0 aromatic heterocycles. The molecule has 3 N–H and O–H groups in total. The van der Waals surface area contributed by atoms with Crippen LogP contribution in [0.3, 0.4) is 0 Å². The molecule has 6 nitrogen and oxygen atoms in total. The lowest BCUT2D eigenvalue weighted by molar-refractivity contribution is 0.313. The van der Waals surface area contributed by atoms with Gasteiger partial charge in [-0.1, -0.05) is 16.8 Å². The van der Waals surface area contributed by atoms with Crippen LogP contribution in [0.4, 0.5) is 0 Å². The fourth-order valence-electron chi connectivity index (χ4n) is 1.48. The summed E-state index contributed by atoms with van der Waals surface area (Å²) in [7, 11) is -2.18. The fraction of sp³-hybridized carbons (Fsp3) is 0.364. The maximum absolute atomic E-state index is 12.3. The molecule has 19 heavy (non-hydrogen) atoms. The zero-order chi connectivity index (χ0) is 14.6. The third-order valence-electron chi connectivity index (χ3n) is 2.74. The lowest BCUT2D eigenvalue weighted by Gasteiger charge is -2.23. The number of amidine groups is 1. The summed E-state index contributed by atoms with van der Waals surface area (Å²) in [5.41, 5.74) is 5.37. The van der Waals surface area contributed by atoms with Gasteiger partial charge in [0.05, 0.1) is 4.90 Å². The molecule has 0 aliphatic heterocycles. The van der Waals surface area contributed by atoms with Crippen LogP contribution in [0.2, 0.25) is 5.02 Å². The minimum absolute atomic E-state index is 0.0225. The van der Waals surface area contributed by atoms with E-state index < -0.39 is 16.1 Å².